The van der Waals surface area contributed by atoms with Gasteiger partial charge in [-0.1, -0.05) is 23.7 Å². The van der Waals surface area contributed by atoms with Crippen LogP contribution in [0.3, 0.4) is 0 Å². The molecule has 0 aliphatic carbocycles. The molecule has 2 amide bonds. The molecule has 0 radical (unpaired) electrons. The van der Waals surface area contributed by atoms with E-state index in [0.717, 1.165) is 32.4 Å². The highest BCUT2D eigenvalue weighted by Gasteiger charge is 2.21. The lowest BCUT2D eigenvalue weighted by Gasteiger charge is -2.27. The van der Waals surface area contributed by atoms with E-state index in [1.165, 1.54) is 0 Å². The zero-order chi connectivity index (χ0) is 16.2. The van der Waals surface area contributed by atoms with Crippen LogP contribution < -0.4 is 5.32 Å². The zero-order valence-electron chi connectivity index (χ0n) is 12.6. The molecule has 0 atom stereocenters. The fourth-order valence-corrected chi connectivity index (χ4v) is 2.90. The summed E-state index contributed by atoms with van der Waals surface area (Å²) in [5.41, 5.74) is 1.38. The third kappa shape index (κ3) is 3.56. The van der Waals surface area contributed by atoms with E-state index in [4.69, 9.17) is 11.6 Å². The minimum atomic E-state index is -0.323. The first-order valence-corrected chi connectivity index (χ1v) is 8.06. The van der Waals surface area contributed by atoms with Crippen LogP contribution in [0.25, 0.3) is 0 Å². The number of H-pyrrole nitrogens is 1. The van der Waals surface area contributed by atoms with Crippen molar-refractivity contribution < 1.29 is 9.59 Å². The summed E-state index contributed by atoms with van der Waals surface area (Å²) in [6, 6.07) is 8.63. The lowest BCUT2D eigenvalue weighted by Crippen LogP contribution is -2.36. The van der Waals surface area contributed by atoms with Gasteiger partial charge in [0.2, 0.25) is 0 Å². The lowest BCUT2D eigenvalue weighted by molar-refractivity contribution is 0.0725. The standard InChI is InChI=1S/C17H18ClN3O2/c18-12-10-15(19-11-12)16(22)20-14-7-3-2-6-13(14)17(23)21-8-4-1-5-9-21/h2-3,6-7,10-11,19H,1,4-5,8-9H2,(H,20,22). The molecule has 3 rings (SSSR count). The molecule has 1 saturated heterocycles. The fraction of sp³-hybridized carbons (Fsp3) is 0.294. The van der Waals surface area contributed by atoms with Crippen molar-refractivity contribution in [3.63, 3.8) is 0 Å². The van der Waals surface area contributed by atoms with Crippen LogP contribution in [-0.4, -0.2) is 34.8 Å². The number of piperidine rings is 1. The van der Waals surface area contributed by atoms with Crippen LogP contribution in [0.2, 0.25) is 5.02 Å². The van der Waals surface area contributed by atoms with Gasteiger partial charge in [0, 0.05) is 19.3 Å². The molecule has 0 bridgehead atoms. The Hall–Kier alpha value is -2.27. The van der Waals surface area contributed by atoms with E-state index in [-0.39, 0.29) is 11.8 Å². The second kappa shape index (κ2) is 6.87. The third-order valence-electron chi connectivity index (χ3n) is 3.94. The van der Waals surface area contributed by atoms with Crippen LogP contribution in [0.4, 0.5) is 5.69 Å². The van der Waals surface area contributed by atoms with Crippen molar-refractivity contribution in [2.24, 2.45) is 0 Å². The van der Waals surface area contributed by atoms with Crippen molar-refractivity contribution in [3.05, 3.63) is 52.8 Å². The van der Waals surface area contributed by atoms with Gasteiger partial charge >= 0.3 is 0 Å². The summed E-state index contributed by atoms with van der Waals surface area (Å²) in [7, 11) is 0. The first kappa shape index (κ1) is 15.6. The maximum atomic E-state index is 12.7. The Bertz CT molecular complexity index is 720. The Kier molecular flexibility index (Phi) is 4.67. The van der Waals surface area contributed by atoms with Crippen LogP contribution in [0.15, 0.2) is 36.5 Å². The number of para-hydroxylation sites is 1. The van der Waals surface area contributed by atoms with E-state index in [9.17, 15) is 9.59 Å². The largest absolute Gasteiger partial charge is 0.356 e. The number of nitrogens with zero attached hydrogens (tertiary/aromatic N) is 1. The maximum Gasteiger partial charge on any atom is 0.272 e. The van der Waals surface area contributed by atoms with Gasteiger partial charge in [-0.3, -0.25) is 9.59 Å². The predicted molar refractivity (Wildman–Crippen MR) is 90.0 cm³/mol. The Morgan fingerprint density at radius 1 is 1.13 bits per heavy atom. The highest BCUT2D eigenvalue weighted by molar-refractivity contribution is 6.31. The van der Waals surface area contributed by atoms with E-state index < -0.39 is 0 Å². The number of carbonyl (C=O) groups is 2. The molecule has 23 heavy (non-hydrogen) atoms. The van der Waals surface area contributed by atoms with Crippen molar-refractivity contribution in [1.82, 2.24) is 9.88 Å². The predicted octanol–water partition coefficient (Wildman–Crippen LogP) is 3.55. The van der Waals surface area contributed by atoms with Crippen LogP contribution in [0.1, 0.15) is 40.1 Å². The van der Waals surface area contributed by atoms with E-state index >= 15 is 0 Å². The minimum absolute atomic E-state index is 0.0369. The summed E-state index contributed by atoms with van der Waals surface area (Å²) < 4.78 is 0. The van der Waals surface area contributed by atoms with Gasteiger partial charge in [0.15, 0.2) is 0 Å². The first-order chi connectivity index (χ1) is 11.1. The molecule has 0 saturated carbocycles. The van der Waals surface area contributed by atoms with Crippen LogP contribution in [0.5, 0.6) is 0 Å². The van der Waals surface area contributed by atoms with Crippen molar-refractivity contribution in [2.45, 2.75) is 19.3 Å². The van der Waals surface area contributed by atoms with Crippen LogP contribution in [0, 0.1) is 0 Å². The summed E-state index contributed by atoms with van der Waals surface area (Å²) >= 11 is 5.82. The van der Waals surface area contributed by atoms with Crippen LogP contribution >= 0.6 is 11.6 Å². The maximum absolute atomic E-state index is 12.7. The highest BCUT2D eigenvalue weighted by atomic mass is 35.5. The number of carbonyl (C=O) groups excluding carboxylic acids is 2. The Morgan fingerprint density at radius 3 is 2.57 bits per heavy atom. The van der Waals surface area contributed by atoms with E-state index in [1.54, 1.807) is 36.5 Å². The summed E-state index contributed by atoms with van der Waals surface area (Å²) in [5, 5.41) is 3.25. The molecule has 1 aromatic heterocycles. The first-order valence-electron chi connectivity index (χ1n) is 7.69. The van der Waals surface area contributed by atoms with Gasteiger partial charge in [0.25, 0.3) is 11.8 Å². The number of nitrogens with one attached hydrogen (secondary N) is 2. The number of hydrogen-bond donors (Lipinski definition) is 2. The number of amides is 2. The molecular weight excluding hydrogens is 314 g/mol. The molecule has 2 heterocycles. The quantitative estimate of drug-likeness (QED) is 0.903. The van der Waals surface area contributed by atoms with Gasteiger partial charge in [-0.05, 0) is 37.5 Å². The van der Waals surface area contributed by atoms with E-state index in [0.29, 0.717) is 22.0 Å². The minimum Gasteiger partial charge on any atom is -0.356 e. The number of benzene rings is 1. The van der Waals surface area contributed by atoms with Crippen molar-refractivity contribution in [1.29, 1.82) is 0 Å². The highest BCUT2D eigenvalue weighted by Crippen LogP contribution is 2.21. The average molecular weight is 332 g/mol. The molecule has 1 aliphatic rings. The molecule has 6 heteroatoms. The smallest absolute Gasteiger partial charge is 0.272 e. The summed E-state index contributed by atoms with van der Waals surface area (Å²) in [6.07, 6.45) is 4.76. The number of rotatable bonds is 3. The summed E-state index contributed by atoms with van der Waals surface area (Å²) in [5.74, 6) is -0.360. The molecule has 2 aromatic rings. The number of likely N-dealkylation sites (tertiary alicyclic amines) is 1. The summed E-state index contributed by atoms with van der Waals surface area (Å²) in [6.45, 7) is 1.54. The Balaban J connectivity index is 1.80. The molecule has 1 aliphatic heterocycles. The number of anilines is 1. The van der Waals surface area contributed by atoms with Crippen LogP contribution in [-0.2, 0) is 0 Å². The van der Waals surface area contributed by atoms with Gasteiger partial charge in [0.05, 0.1) is 16.3 Å². The number of halogens is 1. The van der Waals surface area contributed by atoms with Gasteiger partial charge in [-0.15, -0.1) is 0 Å². The van der Waals surface area contributed by atoms with E-state index in [1.807, 2.05) is 4.90 Å². The van der Waals surface area contributed by atoms with Gasteiger partial charge in [0.1, 0.15) is 5.69 Å². The number of hydrogen-bond acceptors (Lipinski definition) is 2. The molecule has 1 aromatic carbocycles. The topological polar surface area (TPSA) is 65.2 Å². The third-order valence-corrected chi connectivity index (χ3v) is 4.16. The van der Waals surface area contributed by atoms with Gasteiger partial charge in [-0.2, -0.15) is 0 Å². The van der Waals surface area contributed by atoms with Crippen molar-refractivity contribution >= 4 is 29.1 Å². The molecule has 1 fully saturated rings. The van der Waals surface area contributed by atoms with Crippen molar-refractivity contribution in [2.75, 3.05) is 18.4 Å². The van der Waals surface area contributed by atoms with Gasteiger partial charge < -0.3 is 15.2 Å². The fourth-order valence-electron chi connectivity index (χ4n) is 2.73. The SMILES string of the molecule is O=C(Nc1ccccc1C(=O)N1CCCCC1)c1cc(Cl)c[nH]1. The molecule has 0 spiro atoms. The summed E-state index contributed by atoms with van der Waals surface area (Å²) in [4.78, 5) is 29.6. The Labute approximate surface area is 139 Å². The number of aromatic amines is 1. The van der Waals surface area contributed by atoms with E-state index in [2.05, 4.69) is 10.3 Å². The molecule has 0 unspecified atom stereocenters. The molecule has 120 valence electrons. The molecule has 2 N–H and O–H groups in total. The van der Waals surface area contributed by atoms with Gasteiger partial charge in [-0.25, -0.2) is 0 Å². The van der Waals surface area contributed by atoms with Crippen molar-refractivity contribution in [3.8, 4) is 0 Å². The molecular formula is C17H18ClN3O2. The number of aromatic nitrogens is 1. The second-order valence-corrected chi connectivity index (χ2v) is 6.02. The normalized spacial score (nSPS) is 14.6. The second-order valence-electron chi connectivity index (χ2n) is 5.58. The lowest BCUT2D eigenvalue weighted by atomic mass is 10.1. The zero-order valence-corrected chi connectivity index (χ0v) is 13.4. The molecule has 5 nitrogen and oxygen atoms in total. The Morgan fingerprint density at radius 2 is 1.87 bits per heavy atom. The average Bonchev–Trinajstić information content (AvgIpc) is 3.02. The monoisotopic (exact) mass is 331 g/mol.